The second-order valence-corrected chi connectivity index (χ2v) is 6.03. The zero-order valence-corrected chi connectivity index (χ0v) is 14.2. The lowest BCUT2D eigenvalue weighted by atomic mass is 10.1. The number of benzene rings is 2. The lowest BCUT2D eigenvalue weighted by Crippen LogP contribution is -2.27. The molecule has 0 bridgehead atoms. The average molecular weight is 312 g/mol. The van der Waals surface area contributed by atoms with Crippen molar-refractivity contribution in [1.29, 1.82) is 0 Å². The first kappa shape index (κ1) is 17.5. The van der Waals surface area contributed by atoms with Gasteiger partial charge in [-0.15, -0.1) is 0 Å². The van der Waals surface area contributed by atoms with Gasteiger partial charge in [-0.05, 0) is 43.1 Å². The molecule has 0 saturated carbocycles. The van der Waals surface area contributed by atoms with Crippen LogP contribution < -0.4 is 10.5 Å². The number of nitrogens with zero attached hydrogens (tertiary/aromatic N) is 1. The van der Waals surface area contributed by atoms with Crippen LogP contribution in [0.2, 0.25) is 0 Å². The Kier molecular flexibility index (Phi) is 7.11. The standard InChI is InChI=1S/C20H28N2O/c1-3-22(16-19-7-5-4-6-8-19)13-14-23-20-11-9-18(10-12-20)15-17(2)21/h4-12,17H,3,13-16,21H2,1-2H3. The van der Waals surface area contributed by atoms with Crippen molar-refractivity contribution in [3.8, 4) is 5.75 Å². The molecule has 0 spiro atoms. The second-order valence-electron chi connectivity index (χ2n) is 6.03. The molecule has 0 aliphatic carbocycles. The third-order valence-corrected chi connectivity index (χ3v) is 3.85. The molecule has 0 radical (unpaired) electrons. The maximum absolute atomic E-state index is 5.86. The van der Waals surface area contributed by atoms with E-state index in [0.29, 0.717) is 6.61 Å². The number of hydrogen-bond acceptors (Lipinski definition) is 3. The quantitative estimate of drug-likeness (QED) is 0.770. The Bertz CT molecular complexity index is 552. The molecule has 124 valence electrons. The van der Waals surface area contributed by atoms with E-state index in [4.69, 9.17) is 10.5 Å². The van der Waals surface area contributed by atoms with Crippen LogP contribution in [0.5, 0.6) is 5.75 Å². The lowest BCUT2D eigenvalue weighted by molar-refractivity contribution is 0.210. The van der Waals surface area contributed by atoms with E-state index in [-0.39, 0.29) is 6.04 Å². The Morgan fingerprint density at radius 2 is 1.70 bits per heavy atom. The molecule has 2 N–H and O–H groups in total. The third kappa shape index (κ3) is 6.43. The Morgan fingerprint density at radius 3 is 2.30 bits per heavy atom. The number of rotatable bonds is 9. The summed E-state index contributed by atoms with van der Waals surface area (Å²) in [4.78, 5) is 2.39. The molecule has 0 fully saturated rings. The number of nitrogens with two attached hydrogens (primary N) is 1. The Hall–Kier alpha value is -1.84. The monoisotopic (exact) mass is 312 g/mol. The summed E-state index contributed by atoms with van der Waals surface area (Å²) in [5.41, 5.74) is 8.42. The molecule has 0 amide bonds. The van der Waals surface area contributed by atoms with E-state index >= 15 is 0 Å². The molecule has 23 heavy (non-hydrogen) atoms. The molecule has 0 saturated heterocycles. The van der Waals surface area contributed by atoms with Crippen molar-refractivity contribution >= 4 is 0 Å². The van der Waals surface area contributed by atoms with Gasteiger partial charge in [0.1, 0.15) is 12.4 Å². The first-order valence-electron chi connectivity index (χ1n) is 8.41. The molecule has 3 heteroatoms. The van der Waals surface area contributed by atoms with Crippen LogP contribution >= 0.6 is 0 Å². The average Bonchev–Trinajstić information content (AvgIpc) is 2.56. The fourth-order valence-electron chi connectivity index (χ4n) is 2.58. The maximum atomic E-state index is 5.86. The molecule has 1 atom stereocenters. The minimum absolute atomic E-state index is 0.192. The van der Waals surface area contributed by atoms with Gasteiger partial charge >= 0.3 is 0 Å². The minimum atomic E-state index is 0.192. The largest absolute Gasteiger partial charge is 0.492 e. The zero-order chi connectivity index (χ0) is 16.5. The van der Waals surface area contributed by atoms with Crippen molar-refractivity contribution in [3.63, 3.8) is 0 Å². The van der Waals surface area contributed by atoms with Crippen LogP contribution in [0.25, 0.3) is 0 Å². The second kappa shape index (κ2) is 9.33. The van der Waals surface area contributed by atoms with Gasteiger partial charge in [0.15, 0.2) is 0 Å². The Morgan fingerprint density at radius 1 is 1.00 bits per heavy atom. The molecular weight excluding hydrogens is 284 g/mol. The Balaban J connectivity index is 1.76. The van der Waals surface area contributed by atoms with E-state index in [9.17, 15) is 0 Å². The molecule has 0 aliphatic rings. The van der Waals surface area contributed by atoms with Gasteiger partial charge in [0, 0.05) is 19.1 Å². The summed E-state index contributed by atoms with van der Waals surface area (Å²) in [6.45, 7) is 7.82. The SMILES string of the molecule is CCN(CCOc1ccc(CC(C)N)cc1)Cc1ccccc1. The van der Waals surface area contributed by atoms with Crippen molar-refractivity contribution in [2.75, 3.05) is 19.7 Å². The van der Waals surface area contributed by atoms with Gasteiger partial charge in [0.2, 0.25) is 0 Å². The number of ether oxygens (including phenoxy) is 1. The zero-order valence-electron chi connectivity index (χ0n) is 14.2. The molecule has 2 aromatic carbocycles. The normalized spacial score (nSPS) is 12.3. The predicted molar refractivity (Wildman–Crippen MR) is 96.7 cm³/mol. The highest BCUT2D eigenvalue weighted by Gasteiger charge is 2.04. The van der Waals surface area contributed by atoms with Crippen LogP contribution in [0.3, 0.4) is 0 Å². The van der Waals surface area contributed by atoms with Gasteiger partial charge in [-0.1, -0.05) is 49.4 Å². The molecule has 2 aromatic rings. The summed E-state index contributed by atoms with van der Waals surface area (Å²) < 4.78 is 5.86. The first-order chi connectivity index (χ1) is 11.2. The van der Waals surface area contributed by atoms with Gasteiger partial charge in [-0.3, -0.25) is 4.90 Å². The van der Waals surface area contributed by atoms with Crippen LogP contribution in [-0.4, -0.2) is 30.6 Å². The summed E-state index contributed by atoms with van der Waals surface area (Å²) >= 11 is 0. The van der Waals surface area contributed by atoms with E-state index in [1.807, 2.05) is 19.1 Å². The summed E-state index contributed by atoms with van der Waals surface area (Å²) in [7, 11) is 0. The molecule has 3 nitrogen and oxygen atoms in total. The highest BCUT2D eigenvalue weighted by Crippen LogP contribution is 2.13. The minimum Gasteiger partial charge on any atom is -0.492 e. The maximum Gasteiger partial charge on any atom is 0.119 e. The van der Waals surface area contributed by atoms with E-state index < -0.39 is 0 Å². The number of likely N-dealkylation sites (N-methyl/N-ethyl adjacent to an activating group) is 1. The summed E-state index contributed by atoms with van der Waals surface area (Å²) in [5.74, 6) is 0.925. The fraction of sp³-hybridized carbons (Fsp3) is 0.400. The van der Waals surface area contributed by atoms with Crippen LogP contribution in [0.4, 0.5) is 0 Å². The Labute approximate surface area is 140 Å². The van der Waals surface area contributed by atoms with E-state index in [0.717, 1.165) is 31.8 Å². The molecule has 1 unspecified atom stereocenters. The molecule has 0 aromatic heterocycles. The molecule has 0 heterocycles. The highest BCUT2D eigenvalue weighted by atomic mass is 16.5. The predicted octanol–water partition coefficient (Wildman–Crippen LogP) is 3.48. The van der Waals surface area contributed by atoms with Crippen LogP contribution in [-0.2, 0) is 13.0 Å². The van der Waals surface area contributed by atoms with Crippen molar-refractivity contribution in [2.24, 2.45) is 5.73 Å². The van der Waals surface area contributed by atoms with Gasteiger partial charge < -0.3 is 10.5 Å². The van der Waals surface area contributed by atoms with Gasteiger partial charge in [0.25, 0.3) is 0 Å². The molecule has 2 rings (SSSR count). The van der Waals surface area contributed by atoms with Crippen molar-refractivity contribution in [1.82, 2.24) is 4.90 Å². The van der Waals surface area contributed by atoms with Gasteiger partial charge in [0.05, 0.1) is 0 Å². The van der Waals surface area contributed by atoms with E-state index in [1.165, 1.54) is 11.1 Å². The van der Waals surface area contributed by atoms with Crippen molar-refractivity contribution < 1.29 is 4.74 Å². The molecule has 0 aliphatic heterocycles. The summed E-state index contributed by atoms with van der Waals surface area (Å²) in [6, 6.07) is 19.0. The summed E-state index contributed by atoms with van der Waals surface area (Å²) in [5, 5.41) is 0. The fourth-order valence-corrected chi connectivity index (χ4v) is 2.58. The van der Waals surface area contributed by atoms with E-state index in [1.54, 1.807) is 0 Å². The van der Waals surface area contributed by atoms with Crippen molar-refractivity contribution in [2.45, 2.75) is 32.9 Å². The first-order valence-corrected chi connectivity index (χ1v) is 8.41. The van der Waals surface area contributed by atoms with E-state index in [2.05, 4.69) is 54.3 Å². The van der Waals surface area contributed by atoms with Crippen molar-refractivity contribution in [3.05, 3.63) is 65.7 Å². The third-order valence-electron chi connectivity index (χ3n) is 3.85. The van der Waals surface area contributed by atoms with Crippen LogP contribution in [0.15, 0.2) is 54.6 Å². The van der Waals surface area contributed by atoms with Crippen LogP contribution in [0, 0.1) is 0 Å². The number of hydrogen-bond donors (Lipinski definition) is 1. The van der Waals surface area contributed by atoms with Gasteiger partial charge in [-0.25, -0.2) is 0 Å². The molecular formula is C20H28N2O. The topological polar surface area (TPSA) is 38.5 Å². The highest BCUT2D eigenvalue weighted by molar-refractivity contribution is 5.27. The van der Waals surface area contributed by atoms with Gasteiger partial charge in [-0.2, -0.15) is 0 Å². The van der Waals surface area contributed by atoms with Crippen LogP contribution in [0.1, 0.15) is 25.0 Å². The lowest BCUT2D eigenvalue weighted by Gasteiger charge is -2.20. The summed E-state index contributed by atoms with van der Waals surface area (Å²) in [6.07, 6.45) is 0.904. The smallest absolute Gasteiger partial charge is 0.119 e.